The number of aromatic amines is 1. The zero-order chi connectivity index (χ0) is 15.4. The van der Waals surface area contributed by atoms with Crippen LogP contribution in [0.4, 0.5) is 0 Å². The van der Waals surface area contributed by atoms with Crippen LogP contribution in [0.5, 0.6) is 0 Å². The van der Waals surface area contributed by atoms with Gasteiger partial charge in [0.1, 0.15) is 5.60 Å². The van der Waals surface area contributed by atoms with E-state index >= 15 is 0 Å². The molecule has 0 aliphatic carbocycles. The predicted molar refractivity (Wildman–Crippen MR) is 86.6 cm³/mol. The second kappa shape index (κ2) is 6.00. The maximum absolute atomic E-state index is 11.5. The van der Waals surface area contributed by atoms with E-state index in [1.54, 1.807) is 6.07 Å². The Morgan fingerprint density at radius 3 is 1.82 bits per heavy atom. The van der Waals surface area contributed by atoms with Gasteiger partial charge in [-0.05, 0) is 17.2 Å². The van der Waals surface area contributed by atoms with Gasteiger partial charge in [0.2, 0.25) is 5.56 Å². The van der Waals surface area contributed by atoms with Crippen LogP contribution < -0.4 is 5.56 Å². The van der Waals surface area contributed by atoms with Crippen LogP contribution in [0.15, 0.2) is 83.7 Å². The first-order valence-electron chi connectivity index (χ1n) is 7.20. The highest BCUT2D eigenvalue weighted by molar-refractivity contribution is 5.37. The normalized spacial score (nSPS) is 11.3. The van der Waals surface area contributed by atoms with E-state index in [-0.39, 0.29) is 5.56 Å². The summed E-state index contributed by atoms with van der Waals surface area (Å²) in [5, 5.41) is 11.4. The van der Waals surface area contributed by atoms with E-state index in [1.807, 2.05) is 66.7 Å². The largest absolute Gasteiger partial charge is 0.380 e. The van der Waals surface area contributed by atoms with E-state index in [0.29, 0.717) is 12.1 Å². The molecule has 3 rings (SSSR count). The molecule has 0 saturated carbocycles. The van der Waals surface area contributed by atoms with E-state index in [4.69, 9.17) is 0 Å². The minimum atomic E-state index is -1.19. The summed E-state index contributed by atoms with van der Waals surface area (Å²) in [6, 6.07) is 24.0. The lowest BCUT2D eigenvalue weighted by atomic mass is 9.82. The van der Waals surface area contributed by atoms with Crippen molar-refractivity contribution in [1.82, 2.24) is 4.98 Å². The number of benzene rings is 2. The molecule has 1 aromatic heterocycles. The summed E-state index contributed by atoms with van der Waals surface area (Å²) in [7, 11) is 0. The van der Waals surface area contributed by atoms with Gasteiger partial charge < -0.3 is 10.1 Å². The van der Waals surface area contributed by atoms with Crippen LogP contribution in [-0.4, -0.2) is 10.1 Å². The Morgan fingerprint density at radius 1 is 0.773 bits per heavy atom. The summed E-state index contributed by atoms with van der Waals surface area (Å²) in [5.74, 6) is 0. The lowest BCUT2D eigenvalue weighted by Gasteiger charge is -2.29. The summed E-state index contributed by atoms with van der Waals surface area (Å²) < 4.78 is 0. The number of rotatable bonds is 4. The minimum Gasteiger partial charge on any atom is -0.380 e. The highest BCUT2D eigenvalue weighted by Crippen LogP contribution is 2.32. The molecule has 0 fully saturated rings. The van der Waals surface area contributed by atoms with Crippen molar-refractivity contribution in [2.24, 2.45) is 0 Å². The Bertz CT molecular complexity index is 755. The zero-order valence-electron chi connectivity index (χ0n) is 12.1. The third kappa shape index (κ3) is 2.85. The lowest BCUT2D eigenvalue weighted by Crippen LogP contribution is -2.31. The highest BCUT2D eigenvalue weighted by atomic mass is 16.3. The van der Waals surface area contributed by atoms with Crippen molar-refractivity contribution in [3.63, 3.8) is 0 Å². The number of H-pyrrole nitrogens is 1. The van der Waals surface area contributed by atoms with Gasteiger partial charge in [-0.15, -0.1) is 0 Å². The number of aliphatic hydroxyl groups is 1. The molecular weight excluding hydrogens is 274 g/mol. The van der Waals surface area contributed by atoms with Crippen LogP contribution in [-0.2, 0) is 12.0 Å². The fourth-order valence-corrected chi connectivity index (χ4v) is 2.67. The molecular formula is C19H17NO2. The standard InChI is InChI=1S/C19H17NO2/c21-18-13-7-12-17(20-18)14-19(22,15-8-3-1-4-9-15)16-10-5-2-6-11-16/h1-13,22H,14H2,(H,20,21). The van der Waals surface area contributed by atoms with E-state index in [2.05, 4.69) is 4.98 Å². The smallest absolute Gasteiger partial charge is 0.248 e. The molecule has 3 heteroatoms. The van der Waals surface area contributed by atoms with Gasteiger partial charge in [-0.3, -0.25) is 4.79 Å². The summed E-state index contributed by atoms with van der Waals surface area (Å²) in [5.41, 5.74) is 0.938. The highest BCUT2D eigenvalue weighted by Gasteiger charge is 2.31. The van der Waals surface area contributed by atoms with Crippen LogP contribution in [0, 0.1) is 0 Å². The first-order valence-corrected chi connectivity index (χ1v) is 7.20. The molecule has 1 heterocycles. The van der Waals surface area contributed by atoms with Gasteiger partial charge in [-0.25, -0.2) is 0 Å². The van der Waals surface area contributed by atoms with Crippen LogP contribution >= 0.6 is 0 Å². The Hall–Kier alpha value is -2.65. The Morgan fingerprint density at radius 2 is 1.32 bits per heavy atom. The molecule has 0 radical (unpaired) electrons. The molecule has 3 aromatic rings. The average molecular weight is 291 g/mol. The number of pyridine rings is 1. The van der Waals surface area contributed by atoms with Crippen molar-refractivity contribution in [1.29, 1.82) is 0 Å². The molecule has 0 amide bonds. The van der Waals surface area contributed by atoms with Gasteiger partial charge in [-0.1, -0.05) is 66.7 Å². The molecule has 0 bridgehead atoms. The van der Waals surface area contributed by atoms with Crippen molar-refractivity contribution in [2.45, 2.75) is 12.0 Å². The topological polar surface area (TPSA) is 53.1 Å². The third-order valence-corrected chi connectivity index (χ3v) is 3.78. The fraction of sp³-hybridized carbons (Fsp3) is 0.105. The first-order chi connectivity index (χ1) is 10.7. The Kier molecular flexibility index (Phi) is 3.90. The fourth-order valence-electron chi connectivity index (χ4n) is 2.67. The van der Waals surface area contributed by atoms with Crippen LogP contribution in [0.3, 0.4) is 0 Å². The van der Waals surface area contributed by atoms with Gasteiger partial charge in [0, 0.05) is 18.2 Å². The number of nitrogens with one attached hydrogen (secondary N) is 1. The number of hydrogen-bond acceptors (Lipinski definition) is 2. The monoisotopic (exact) mass is 291 g/mol. The van der Waals surface area contributed by atoms with E-state index in [9.17, 15) is 9.90 Å². The molecule has 0 unspecified atom stereocenters. The van der Waals surface area contributed by atoms with Gasteiger partial charge in [0.05, 0.1) is 0 Å². The van der Waals surface area contributed by atoms with Gasteiger partial charge in [-0.2, -0.15) is 0 Å². The van der Waals surface area contributed by atoms with Crippen LogP contribution in [0.2, 0.25) is 0 Å². The van der Waals surface area contributed by atoms with Crippen molar-refractivity contribution >= 4 is 0 Å². The van der Waals surface area contributed by atoms with Crippen molar-refractivity contribution < 1.29 is 5.11 Å². The van der Waals surface area contributed by atoms with Gasteiger partial charge in [0.25, 0.3) is 0 Å². The van der Waals surface area contributed by atoms with Gasteiger partial charge in [0.15, 0.2) is 0 Å². The SMILES string of the molecule is O=c1cccc(CC(O)(c2ccccc2)c2ccccc2)[nH]1. The second-order valence-corrected chi connectivity index (χ2v) is 5.31. The lowest BCUT2D eigenvalue weighted by molar-refractivity contribution is 0.0800. The van der Waals surface area contributed by atoms with Gasteiger partial charge >= 0.3 is 0 Å². The molecule has 110 valence electrons. The number of hydrogen-bond donors (Lipinski definition) is 2. The van der Waals surface area contributed by atoms with E-state index < -0.39 is 5.60 Å². The maximum atomic E-state index is 11.5. The second-order valence-electron chi connectivity index (χ2n) is 5.31. The third-order valence-electron chi connectivity index (χ3n) is 3.78. The summed E-state index contributed by atoms with van der Waals surface area (Å²) >= 11 is 0. The Balaban J connectivity index is 2.09. The molecule has 2 N–H and O–H groups in total. The van der Waals surface area contributed by atoms with E-state index in [1.165, 1.54) is 6.07 Å². The average Bonchev–Trinajstić information content (AvgIpc) is 2.56. The number of aromatic nitrogens is 1. The van der Waals surface area contributed by atoms with Crippen molar-refractivity contribution in [3.05, 3.63) is 106 Å². The molecule has 3 nitrogen and oxygen atoms in total. The molecule has 0 aliphatic rings. The maximum Gasteiger partial charge on any atom is 0.248 e. The predicted octanol–water partition coefficient (Wildman–Crippen LogP) is 2.85. The summed E-state index contributed by atoms with van der Waals surface area (Å²) in [6.45, 7) is 0. The molecule has 0 saturated heterocycles. The summed E-state index contributed by atoms with van der Waals surface area (Å²) in [6.07, 6.45) is 0.303. The quantitative estimate of drug-likeness (QED) is 0.776. The minimum absolute atomic E-state index is 0.166. The first kappa shape index (κ1) is 14.3. The van der Waals surface area contributed by atoms with E-state index in [0.717, 1.165) is 11.1 Å². The van der Waals surface area contributed by atoms with Crippen molar-refractivity contribution in [3.8, 4) is 0 Å². The molecule has 0 aliphatic heterocycles. The Labute approximate surface area is 128 Å². The zero-order valence-corrected chi connectivity index (χ0v) is 12.1. The van der Waals surface area contributed by atoms with Crippen molar-refractivity contribution in [2.75, 3.05) is 0 Å². The molecule has 0 atom stereocenters. The summed E-state index contributed by atoms with van der Waals surface area (Å²) in [4.78, 5) is 14.3. The molecule has 22 heavy (non-hydrogen) atoms. The molecule has 0 spiro atoms. The van der Waals surface area contributed by atoms with Crippen LogP contribution in [0.1, 0.15) is 16.8 Å². The van der Waals surface area contributed by atoms with Crippen LogP contribution in [0.25, 0.3) is 0 Å². The molecule has 2 aromatic carbocycles.